The second kappa shape index (κ2) is 6.51. The summed E-state index contributed by atoms with van der Waals surface area (Å²) in [5, 5.41) is 3.23. The van der Waals surface area contributed by atoms with E-state index in [2.05, 4.69) is 12.2 Å². The van der Waals surface area contributed by atoms with Crippen LogP contribution in [0.25, 0.3) is 0 Å². The van der Waals surface area contributed by atoms with E-state index in [9.17, 15) is 9.59 Å². The van der Waals surface area contributed by atoms with Crippen molar-refractivity contribution in [1.29, 1.82) is 0 Å². The third-order valence-electron chi connectivity index (χ3n) is 4.55. The highest BCUT2D eigenvalue weighted by molar-refractivity contribution is 5.98. The Labute approximate surface area is 115 Å². The van der Waals surface area contributed by atoms with Crippen LogP contribution in [-0.2, 0) is 9.59 Å². The molecule has 2 rings (SSSR count). The van der Waals surface area contributed by atoms with Crippen molar-refractivity contribution in [3.8, 4) is 0 Å². The van der Waals surface area contributed by atoms with Gasteiger partial charge in [0.2, 0.25) is 11.8 Å². The van der Waals surface area contributed by atoms with E-state index < -0.39 is 0 Å². The monoisotopic (exact) mass is 266 g/mol. The van der Waals surface area contributed by atoms with Crippen LogP contribution in [0.4, 0.5) is 0 Å². The van der Waals surface area contributed by atoms with Crippen LogP contribution < -0.4 is 5.32 Å². The Bertz CT molecular complexity index is 315. The molecule has 19 heavy (non-hydrogen) atoms. The van der Waals surface area contributed by atoms with Gasteiger partial charge in [-0.05, 0) is 37.8 Å². The third-order valence-corrected chi connectivity index (χ3v) is 4.55. The molecule has 4 heteroatoms. The second-order valence-electron chi connectivity index (χ2n) is 6.06. The molecule has 2 aliphatic rings. The number of hydrogen-bond donors (Lipinski definition) is 1. The molecule has 0 aromatic heterocycles. The lowest BCUT2D eigenvalue weighted by Gasteiger charge is -2.42. The molecule has 0 aromatic carbocycles. The van der Waals surface area contributed by atoms with E-state index in [0.29, 0.717) is 19.4 Å². The first kappa shape index (κ1) is 14.5. The van der Waals surface area contributed by atoms with Crippen LogP contribution in [-0.4, -0.2) is 36.3 Å². The standard InChI is InChI=1S/C15H26N2O2/c1-2-16-9-6-10-17-13(18)11-15(12-14(17)19)7-4-3-5-8-15/h16H,2-12H2,1H3. The molecule has 1 N–H and O–H groups in total. The topological polar surface area (TPSA) is 49.4 Å². The normalized spacial score (nSPS) is 23.1. The van der Waals surface area contributed by atoms with Crippen molar-refractivity contribution in [2.24, 2.45) is 5.41 Å². The fourth-order valence-corrected chi connectivity index (χ4v) is 3.48. The average molecular weight is 266 g/mol. The van der Waals surface area contributed by atoms with Gasteiger partial charge in [-0.3, -0.25) is 14.5 Å². The Balaban J connectivity index is 1.87. The van der Waals surface area contributed by atoms with Gasteiger partial charge < -0.3 is 5.32 Å². The van der Waals surface area contributed by atoms with Crippen molar-refractivity contribution in [2.75, 3.05) is 19.6 Å². The number of amides is 2. The number of carbonyl (C=O) groups excluding carboxylic acids is 2. The molecule has 0 bridgehead atoms. The van der Waals surface area contributed by atoms with Crippen molar-refractivity contribution in [3.63, 3.8) is 0 Å². The Morgan fingerprint density at radius 2 is 1.74 bits per heavy atom. The maximum absolute atomic E-state index is 12.2. The lowest BCUT2D eigenvalue weighted by Crippen LogP contribution is -2.49. The van der Waals surface area contributed by atoms with Gasteiger partial charge >= 0.3 is 0 Å². The first-order valence-corrected chi connectivity index (χ1v) is 7.71. The summed E-state index contributed by atoms with van der Waals surface area (Å²) in [7, 11) is 0. The fraction of sp³-hybridized carbons (Fsp3) is 0.867. The molecule has 4 nitrogen and oxygen atoms in total. The number of carbonyl (C=O) groups is 2. The van der Waals surface area contributed by atoms with Gasteiger partial charge in [0, 0.05) is 19.4 Å². The number of rotatable bonds is 5. The van der Waals surface area contributed by atoms with Gasteiger partial charge in [-0.25, -0.2) is 0 Å². The molecule has 0 aromatic rings. The van der Waals surface area contributed by atoms with E-state index >= 15 is 0 Å². The molecule has 1 spiro atoms. The van der Waals surface area contributed by atoms with Gasteiger partial charge in [-0.2, -0.15) is 0 Å². The molecule has 1 saturated heterocycles. The largest absolute Gasteiger partial charge is 0.317 e. The minimum Gasteiger partial charge on any atom is -0.317 e. The zero-order valence-electron chi connectivity index (χ0n) is 12.0. The first-order chi connectivity index (χ1) is 9.17. The van der Waals surface area contributed by atoms with Crippen LogP contribution in [0.5, 0.6) is 0 Å². The van der Waals surface area contributed by atoms with E-state index in [1.165, 1.54) is 24.2 Å². The van der Waals surface area contributed by atoms with Gasteiger partial charge in [0.15, 0.2) is 0 Å². The smallest absolute Gasteiger partial charge is 0.229 e. The van der Waals surface area contributed by atoms with Gasteiger partial charge in [-0.1, -0.05) is 26.2 Å². The Morgan fingerprint density at radius 1 is 1.11 bits per heavy atom. The zero-order valence-corrected chi connectivity index (χ0v) is 12.0. The van der Waals surface area contributed by atoms with Gasteiger partial charge in [0.05, 0.1) is 0 Å². The summed E-state index contributed by atoms with van der Waals surface area (Å²) in [6, 6.07) is 0. The number of likely N-dealkylation sites (tertiary alicyclic amines) is 1. The zero-order chi connectivity index (χ0) is 13.7. The van der Waals surface area contributed by atoms with Gasteiger partial charge in [0.25, 0.3) is 0 Å². The van der Waals surface area contributed by atoms with Gasteiger partial charge in [-0.15, -0.1) is 0 Å². The third kappa shape index (κ3) is 3.56. The highest BCUT2D eigenvalue weighted by Crippen LogP contribution is 2.45. The number of nitrogens with zero attached hydrogens (tertiary/aromatic N) is 1. The minimum atomic E-state index is 0.0184. The van der Waals surface area contributed by atoms with Crippen LogP contribution in [0, 0.1) is 5.41 Å². The van der Waals surface area contributed by atoms with E-state index in [1.54, 1.807) is 0 Å². The van der Waals surface area contributed by atoms with Crippen LogP contribution in [0.1, 0.15) is 58.3 Å². The summed E-state index contributed by atoms with van der Waals surface area (Å²) < 4.78 is 0. The molecule has 0 unspecified atom stereocenters. The SMILES string of the molecule is CCNCCCN1C(=O)CC2(CCCCC2)CC1=O. The lowest BCUT2D eigenvalue weighted by molar-refractivity contribution is -0.154. The summed E-state index contributed by atoms with van der Waals surface area (Å²) in [6.07, 6.45) is 7.81. The molecular formula is C15H26N2O2. The molecule has 1 saturated carbocycles. The number of hydrogen-bond acceptors (Lipinski definition) is 3. The Kier molecular flexibility index (Phi) is 4.97. The van der Waals surface area contributed by atoms with E-state index in [-0.39, 0.29) is 17.2 Å². The van der Waals surface area contributed by atoms with E-state index in [4.69, 9.17) is 0 Å². The summed E-state index contributed by atoms with van der Waals surface area (Å²) in [4.78, 5) is 26.0. The molecule has 1 aliphatic heterocycles. The Hall–Kier alpha value is -0.900. The summed E-state index contributed by atoms with van der Waals surface area (Å²) in [5.74, 6) is 0.129. The van der Waals surface area contributed by atoms with Crippen LogP contribution in [0.15, 0.2) is 0 Å². The van der Waals surface area contributed by atoms with Crippen LogP contribution in [0.3, 0.4) is 0 Å². The van der Waals surface area contributed by atoms with Crippen molar-refractivity contribution in [2.45, 2.75) is 58.3 Å². The predicted octanol–water partition coefficient (Wildman–Crippen LogP) is 2.09. The van der Waals surface area contributed by atoms with E-state index in [1.807, 2.05) is 0 Å². The summed E-state index contributed by atoms with van der Waals surface area (Å²) in [6.45, 7) is 4.45. The summed E-state index contributed by atoms with van der Waals surface area (Å²) >= 11 is 0. The van der Waals surface area contributed by atoms with Crippen molar-refractivity contribution >= 4 is 11.8 Å². The molecule has 0 radical (unpaired) electrons. The van der Waals surface area contributed by atoms with Crippen molar-refractivity contribution in [1.82, 2.24) is 10.2 Å². The maximum atomic E-state index is 12.2. The minimum absolute atomic E-state index is 0.0184. The second-order valence-corrected chi connectivity index (χ2v) is 6.06. The van der Waals surface area contributed by atoms with Gasteiger partial charge in [0.1, 0.15) is 0 Å². The maximum Gasteiger partial charge on any atom is 0.229 e. The molecule has 108 valence electrons. The highest BCUT2D eigenvalue weighted by atomic mass is 16.2. The molecular weight excluding hydrogens is 240 g/mol. The fourth-order valence-electron chi connectivity index (χ4n) is 3.48. The van der Waals surface area contributed by atoms with Crippen molar-refractivity contribution < 1.29 is 9.59 Å². The quantitative estimate of drug-likeness (QED) is 0.612. The first-order valence-electron chi connectivity index (χ1n) is 7.71. The Morgan fingerprint density at radius 3 is 2.32 bits per heavy atom. The lowest BCUT2D eigenvalue weighted by atomic mass is 9.67. The predicted molar refractivity (Wildman–Crippen MR) is 74.6 cm³/mol. The van der Waals surface area contributed by atoms with Crippen molar-refractivity contribution in [3.05, 3.63) is 0 Å². The molecule has 1 aliphatic carbocycles. The average Bonchev–Trinajstić information content (AvgIpc) is 2.38. The molecule has 0 atom stereocenters. The van der Waals surface area contributed by atoms with E-state index in [0.717, 1.165) is 32.4 Å². The number of piperidine rings is 1. The van der Waals surface area contributed by atoms with Crippen LogP contribution in [0.2, 0.25) is 0 Å². The number of imide groups is 1. The highest BCUT2D eigenvalue weighted by Gasteiger charge is 2.43. The molecule has 2 fully saturated rings. The van der Waals surface area contributed by atoms with Crippen LogP contribution >= 0.6 is 0 Å². The molecule has 2 amide bonds. The summed E-state index contributed by atoms with van der Waals surface area (Å²) in [5.41, 5.74) is 0.0184. The number of nitrogens with one attached hydrogen (secondary N) is 1. The molecule has 1 heterocycles.